The maximum Gasteiger partial charge on any atom is 0.271 e. The van der Waals surface area contributed by atoms with Crippen molar-refractivity contribution < 1.29 is 19.1 Å². The van der Waals surface area contributed by atoms with E-state index < -0.39 is 5.91 Å². The highest BCUT2D eigenvalue weighted by atomic mass is 35.5. The van der Waals surface area contributed by atoms with Crippen molar-refractivity contribution in [3.8, 4) is 11.5 Å². The summed E-state index contributed by atoms with van der Waals surface area (Å²) in [6.45, 7) is 0.192. The van der Waals surface area contributed by atoms with E-state index in [-0.39, 0.29) is 12.7 Å². The zero-order valence-electron chi connectivity index (χ0n) is 15.6. The van der Waals surface area contributed by atoms with Gasteiger partial charge in [0, 0.05) is 21.8 Å². The summed E-state index contributed by atoms with van der Waals surface area (Å²) in [6.07, 6.45) is 1.51. The smallest absolute Gasteiger partial charge is 0.271 e. The van der Waals surface area contributed by atoms with E-state index in [0.29, 0.717) is 33.3 Å². The van der Waals surface area contributed by atoms with E-state index in [1.165, 1.54) is 6.21 Å². The minimum absolute atomic E-state index is 0.192. The number of anilines is 1. The molecule has 0 unspecified atom stereocenters. The van der Waals surface area contributed by atoms with E-state index in [0.717, 1.165) is 5.56 Å². The van der Waals surface area contributed by atoms with Crippen LogP contribution in [0.25, 0.3) is 0 Å². The van der Waals surface area contributed by atoms with E-state index in [1.807, 2.05) is 0 Å². The summed E-state index contributed by atoms with van der Waals surface area (Å²) in [4.78, 5) is 24.7. The van der Waals surface area contributed by atoms with Crippen LogP contribution in [0, 0.1) is 0 Å². The summed E-state index contributed by atoms with van der Waals surface area (Å²) in [5, 5.41) is 7.27. The van der Waals surface area contributed by atoms with Crippen LogP contribution < -0.4 is 20.2 Å². The van der Waals surface area contributed by atoms with Crippen LogP contribution in [0.1, 0.15) is 26.3 Å². The van der Waals surface area contributed by atoms with Crippen LogP contribution >= 0.6 is 11.6 Å². The van der Waals surface area contributed by atoms with Crippen molar-refractivity contribution in [1.29, 1.82) is 0 Å². The normalized spacial score (nSPS) is 12.0. The van der Waals surface area contributed by atoms with Gasteiger partial charge >= 0.3 is 0 Å². The van der Waals surface area contributed by atoms with Gasteiger partial charge in [-0.15, -0.1) is 0 Å². The highest BCUT2D eigenvalue weighted by molar-refractivity contribution is 6.30. The Kier molecular flexibility index (Phi) is 5.63. The maximum absolute atomic E-state index is 12.4. The number of benzene rings is 3. The number of amides is 2. The van der Waals surface area contributed by atoms with Crippen molar-refractivity contribution in [2.24, 2.45) is 5.10 Å². The monoisotopic (exact) mass is 421 g/mol. The Labute approximate surface area is 177 Å². The van der Waals surface area contributed by atoms with Crippen LogP contribution in [0.4, 0.5) is 5.69 Å². The largest absolute Gasteiger partial charge is 0.454 e. The zero-order valence-corrected chi connectivity index (χ0v) is 16.3. The number of hydrogen-bond acceptors (Lipinski definition) is 5. The first-order chi connectivity index (χ1) is 14.6. The van der Waals surface area contributed by atoms with Gasteiger partial charge in [0.15, 0.2) is 11.5 Å². The molecule has 1 aliphatic rings. The lowest BCUT2D eigenvalue weighted by Gasteiger charge is -2.07. The van der Waals surface area contributed by atoms with Gasteiger partial charge in [-0.2, -0.15) is 5.10 Å². The molecular weight excluding hydrogens is 406 g/mol. The Balaban J connectivity index is 1.38. The lowest BCUT2D eigenvalue weighted by Crippen LogP contribution is -2.18. The Morgan fingerprint density at radius 1 is 0.900 bits per heavy atom. The summed E-state index contributed by atoms with van der Waals surface area (Å²) in [5.74, 6) is 0.600. The predicted octanol–water partition coefficient (Wildman–Crippen LogP) is 4.08. The first kappa shape index (κ1) is 19.5. The van der Waals surface area contributed by atoms with Gasteiger partial charge in [-0.05, 0) is 66.2 Å². The molecule has 4 rings (SSSR count). The summed E-state index contributed by atoms with van der Waals surface area (Å²) >= 11 is 5.84. The molecule has 0 aromatic heterocycles. The second kappa shape index (κ2) is 8.67. The summed E-state index contributed by atoms with van der Waals surface area (Å²) in [5.41, 5.74) is 4.52. The molecule has 7 nitrogen and oxygen atoms in total. The lowest BCUT2D eigenvalue weighted by atomic mass is 10.1. The third-order valence-corrected chi connectivity index (χ3v) is 4.52. The van der Waals surface area contributed by atoms with Crippen LogP contribution in [0.5, 0.6) is 11.5 Å². The molecule has 3 aromatic carbocycles. The molecule has 0 fully saturated rings. The molecule has 3 aromatic rings. The quantitative estimate of drug-likeness (QED) is 0.479. The van der Waals surface area contributed by atoms with Crippen molar-refractivity contribution >= 4 is 35.3 Å². The van der Waals surface area contributed by atoms with Gasteiger partial charge in [-0.3, -0.25) is 9.59 Å². The molecule has 2 amide bonds. The summed E-state index contributed by atoms with van der Waals surface area (Å²) < 4.78 is 10.6. The van der Waals surface area contributed by atoms with Crippen molar-refractivity contribution in [3.63, 3.8) is 0 Å². The SMILES string of the molecule is O=C(N/N=C/c1ccc2c(c1)OCO2)c1cccc(NC(=O)c2ccc(Cl)cc2)c1. The Morgan fingerprint density at radius 2 is 1.70 bits per heavy atom. The molecule has 2 N–H and O–H groups in total. The number of ether oxygens (including phenoxy) is 2. The molecule has 0 radical (unpaired) electrons. The van der Waals surface area contributed by atoms with E-state index in [2.05, 4.69) is 15.8 Å². The van der Waals surface area contributed by atoms with Crippen LogP contribution in [0.2, 0.25) is 5.02 Å². The van der Waals surface area contributed by atoms with Gasteiger partial charge in [0.25, 0.3) is 11.8 Å². The van der Waals surface area contributed by atoms with Gasteiger partial charge in [0.1, 0.15) is 0 Å². The number of halogens is 1. The fourth-order valence-corrected chi connectivity index (χ4v) is 2.89. The standard InChI is InChI=1S/C22H16ClN3O4/c23-17-7-5-15(6-8-17)21(27)25-18-3-1-2-16(11-18)22(28)26-24-12-14-4-9-19-20(10-14)30-13-29-19/h1-12H,13H2,(H,25,27)(H,26,28)/b24-12+. The van der Waals surface area contributed by atoms with Crippen LogP contribution in [-0.2, 0) is 0 Å². The molecule has 0 aliphatic carbocycles. The summed E-state index contributed by atoms with van der Waals surface area (Å²) in [6, 6.07) is 18.4. The molecule has 0 saturated carbocycles. The van der Waals surface area contributed by atoms with E-state index in [9.17, 15) is 9.59 Å². The lowest BCUT2D eigenvalue weighted by molar-refractivity contribution is 0.0953. The topological polar surface area (TPSA) is 89.0 Å². The van der Waals surface area contributed by atoms with Gasteiger partial charge < -0.3 is 14.8 Å². The Hall–Kier alpha value is -3.84. The second-order valence-corrected chi connectivity index (χ2v) is 6.79. The number of hydrazone groups is 1. The number of fused-ring (bicyclic) bond motifs is 1. The highest BCUT2D eigenvalue weighted by Gasteiger charge is 2.13. The van der Waals surface area contributed by atoms with Gasteiger partial charge in [0.2, 0.25) is 6.79 Å². The molecular formula is C22H16ClN3O4. The van der Waals surface area contributed by atoms with E-state index in [4.69, 9.17) is 21.1 Å². The van der Waals surface area contributed by atoms with Gasteiger partial charge in [-0.1, -0.05) is 17.7 Å². The first-order valence-corrected chi connectivity index (χ1v) is 9.36. The molecule has 1 aliphatic heterocycles. The van der Waals surface area contributed by atoms with Gasteiger partial charge in [-0.25, -0.2) is 5.43 Å². The number of nitrogens with one attached hydrogen (secondary N) is 2. The first-order valence-electron chi connectivity index (χ1n) is 8.98. The Morgan fingerprint density at radius 3 is 2.53 bits per heavy atom. The zero-order chi connectivity index (χ0) is 20.9. The molecule has 150 valence electrons. The molecule has 0 atom stereocenters. The minimum atomic E-state index is -0.408. The van der Waals surface area contributed by atoms with Crippen molar-refractivity contribution in [2.75, 3.05) is 12.1 Å². The molecule has 1 heterocycles. The molecule has 0 bridgehead atoms. The third-order valence-electron chi connectivity index (χ3n) is 4.27. The number of rotatable bonds is 5. The average molecular weight is 422 g/mol. The molecule has 8 heteroatoms. The second-order valence-electron chi connectivity index (χ2n) is 6.35. The number of nitrogens with zero attached hydrogens (tertiary/aromatic N) is 1. The summed E-state index contributed by atoms with van der Waals surface area (Å²) in [7, 11) is 0. The third kappa shape index (κ3) is 4.59. The number of hydrogen-bond donors (Lipinski definition) is 2. The molecule has 0 saturated heterocycles. The molecule has 30 heavy (non-hydrogen) atoms. The van der Waals surface area contributed by atoms with Crippen molar-refractivity contribution in [1.82, 2.24) is 5.43 Å². The van der Waals surface area contributed by atoms with Gasteiger partial charge in [0.05, 0.1) is 6.21 Å². The minimum Gasteiger partial charge on any atom is -0.454 e. The number of carbonyl (C=O) groups is 2. The molecule has 0 spiro atoms. The van der Waals surface area contributed by atoms with Crippen LogP contribution in [0.3, 0.4) is 0 Å². The predicted molar refractivity (Wildman–Crippen MR) is 113 cm³/mol. The van der Waals surface area contributed by atoms with E-state index in [1.54, 1.807) is 66.7 Å². The average Bonchev–Trinajstić information content (AvgIpc) is 3.22. The fraction of sp³-hybridized carbons (Fsp3) is 0.0455. The van der Waals surface area contributed by atoms with Crippen molar-refractivity contribution in [3.05, 3.63) is 88.4 Å². The Bertz CT molecular complexity index is 1130. The van der Waals surface area contributed by atoms with E-state index >= 15 is 0 Å². The fourth-order valence-electron chi connectivity index (χ4n) is 2.77. The van der Waals surface area contributed by atoms with Crippen molar-refractivity contribution in [2.45, 2.75) is 0 Å². The van der Waals surface area contributed by atoms with Crippen LogP contribution in [-0.4, -0.2) is 24.8 Å². The highest BCUT2D eigenvalue weighted by Crippen LogP contribution is 2.31. The number of carbonyl (C=O) groups excluding carboxylic acids is 2. The van der Waals surface area contributed by atoms with Crippen LogP contribution in [0.15, 0.2) is 71.8 Å². The maximum atomic E-state index is 12.4.